The number of hydrogen-bond donors (Lipinski definition) is 1. The van der Waals surface area contributed by atoms with Crippen LogP contribution in [0.15, 0.2) is 24.5 Å². The van der Waals surface area contributed by atoms with Gasteiger partial charge in [-0.3, -0.25) is 10.1 Å². The molecule has 1 aromatic rings. The maximum absolute atomic E-state index is 10.9. The highest BCUT2D eigenvalue weighted by atomic mass is 16.6. The number of aryl methyl sites for hydroxylation is 2. The molecule has 19 heavy (non-hydrogen) atoms. The molecule has 0 aliphatic carbocycles. The third-order valence-electron chi connectivity index (χ3n) is 3.28. The first-order valence-electron chi connectivity index (χ1n) is 6.38. The van der Waals surface area contributed by atoms with E-state index in [1.54, 1.807) is 19.3 Å². The van der Waals surface area contributed by atoms with E-state index in [1.165, 1.54) is 0 Å². The normalized spacial score (nSPS) is 17.9. The molecule has 0 saturated heterocycles. The van der Waals surface area contributed by atoms with Crippen molar-refractivity contribution < 1.29 is 9.66 Å². The largest absolute Gasteiger partial charge is 0.497 e. The second kappa shape index (κ2) is 5.73. The second-order valence-corrected chi connectivity index (χ2v) is 4.80. The zero-order chi connectivity index (χ0) is 13.8. The van der Waals surface area contributed by atoms with Crippen molar-refractivity contribution in [2.45, 2.75) is 32.8 Å². The van der Waals surface area contributed by atoms with Crippen molar-refractivity contribution in [2.75, 3.05) is 11.9 Å². The Balaban J connectivity index is 2.09. The predicted molar refractivity (Wildman–Crippen MR) is 74.3 cm³/mol. The van der Waals surface area contributed by atoms with Gasteiger partial charge in [0.25, 0.3) is 5.69 Å². The van der Waals surface area contributed by atoms with E-state index < -0.39 is 0 Å². The van der Waals surface area contributed by atoms with E-state index in [-0.39, 0.29) is 16.7 Å². The maximum atomic E-state index is 10.9. The molecule has 102 valence electrons. The van der Waals surface area contributed by atoms with Crippen LogP contribution in [0.1, 0.15) is 24.0 Å². The van der Waals surface area contributed by atoms with Crippen molar-refractivity contribution in [3.05, 3.63) is 45.7 Å². The lowest BCUT2D eigenvalue weighted by Crippen LogP contribution is -2.23. The molecule has 0 fully saturated rings. The van der Waals surface area contributed by atoms with Gasteiger partial charge in [0.2, 0.25) is 0 Å². The molecule has 1 heterocycles. The number of hydrogen-bond acceptors (Lipinski definition) is 4. The van der Waals surface area contributed by atoms with Gasteiger partial charge in [0, 0.05) is 17.3 Å². The molecule has 1 unspecified atom stereocenters. The van der Waals surface area contributed by atoms with Crippen LogP contribution in [-0.4, -0.2) is 17.6 Å². The van der Waals surface area contributed by atoms with E-state index in [1.807, 2.05) is 19.1 Å². The summed E-state index contributed by atoms with van der Waals surface area (Å²) in [5.74, 6) is 0. The zero-order valence-corrected chi connectivity index (χ0v) is 11.2. The molecule has 0 bridgehead atoms. The van der Waals surface area contributed by atoms with Crippen LogP contribution in [0.2, 0.25) is 0 Å². The van der Waals surface area contributed by atoms with E-state index in [9.17, 15) is 10.1 Å². The summed E-state index contributed by atoms with van der Waals surface area (Å²) in [7, 11) is 0. The molecule has 1 N–H and O–H groups in total. The summed E-state index contributed by atoms with van der Waals surface area (Å²) in [4.78, 5) is 10.6. The molecular weight excluding hydrogens is 244 g/mol. The van der Waals surface area contributed by atoms with Crippen LogP contribution in [0.3, 0.4) is 0 Å². The number of benzene rings is 1. The first-order chi connectivity index (χ1) is 9.08. The van der Waals surface area contributed by atoms with Gasteiger partial charge < -0.3 is 10.1 Å². The maximum Gasteiger partial charge on any atom is 0.274 e. The third kappa shape index (κ3) is 3.24. The van der Waals surface area contributed by atoms with Gasteiger partial charge in [-0.25, -0.2) is 0 Å². The Kier molecular flexibility index (Phi) is 4.04. The summed E-state index contributed by atoms with van der Waals surface area (Å²) in [6, 6.07) is 3.44. The lowest BCUT2D eigenvalue weighted by Gasteiger charge is -2.21. The Morgan fingerprint density at radius 3 is 2.84 bits per heavy atom. The number of nitrogens with zero attached hydrogens (tertiary/aromatic N) is 1. The Bertz CT molecular complexity index is 512. The van der Waals surface area contributed by atoms with Crippen LogP contribution in [-0.2, 0) is 4.74 Å². The summed E-state index contributed by atoms with van der Waals surface area (Å²) in [6.07, 6.45) is 5.83. The molecule has 0 amide bonds. The van der Waals surface area contributed by atoms with Crippen LogP contribution >= 0.6 is 0 Å². The molecule has 0 radical (unpaired) electrons. The van der Waals surface area contributed by atoms with E-state index in [0.29, 0.717) is 12.1 Å². The van der Waals surface area contributed by atoms with Gasteiger partial charge in [0.15, 0.2) is 0 Å². The summed E-state index contributed by atoms with van der Waals surface area (Å²) in [5, 5.41) is 14.2. The zero-order valence-electron chi connectivity index (χ0n) is 11.2. The number of nitro benzene ring substituents is 1. The number of nitrogens with one attached hydrogen (secondary N) is 1. The van der Waals surface area contributed by atoms with Crippen molar-refractivity contribution in [2.24, 2.45) is 0 Å². The van der Waals surface area contributed by atoms with Crippen molar-refractivity contribution in [1.82, 2.24) is 0 Å². The number of rotatable bonds is 4. The topological polar surface area (TPSA) is 64.4 Å². The summed E-state index contributed by atoms with van der Waals surface area (Å²) >= 11 is 0. The smallest absolute Gasteiger partial charge is 0.274 e. The Morgan fingerprint density at radius 2 is 2.21 bits per heavy atom. The summed E-state index contributed by atoms with van der Waals surface area (Å²) < 4.78 is 5.46. The van der Waals surface area contributed by atoms with Crippen molar-refractivity contribution >= 4 is 11.4 Å². The number of nitro groups is 1. The van der Waals surface area contributed by atoms with E-state index in [2.05, 4.69) is 5.32 Å². The highest BCUT2D eigenvalue weighted by molar-refractivity contribution is 5.60. The molecular formula is C14H18N2O3. The Labute approximate surface area is 112 Å². The number of anilines is 1. The van der Waals surface area contributed by atoms with Crippen molar-refractivity contribution in [1.29, 1.82) is 0 Å². The van der Waals surface area contributed by atoms with E-state index in [0.717, 1.165) is 24.1 Å². The molecule has 1 aliphatic rings. The van der Waals surface area contributed by atoms with Gasteiger partial charge in [-0.1, -0.05) is 0 Å². The van der Waals surface area contributed by atoms with Crippen LogP contribution < -0.4 is 5.32 Å². The fourth-order valence-corrected chi connectivity index (χ4v) is 2.19. The average molecular weight is 262 g/mol. The van der Waals surface area contributed by atoms with Crippen molar-refractivity contribution in [3.8, 4) is 0 Å². The van der Waals surface area contributed by atoms with Gasteiger partial charge >= 0.3 is 0 Å². The minimum atomic E-state index is -0.347. The molecule has 1 aromatic carbocycles. The van der Waals surface area contributed by atoms with Gasteiger partial charge in [0.05, 0.1) is 17.7 Å². The van der Waals surface area contributed by atoms with Crippen LogP contribution in [0.5, 0.6) is 0 Å². The highest BCUT2D eigenvalue weighted by Gasteiger charge is 2.15. The molecule has 5 nitrogen and oxygen atoms in total. The number of allylic oxidation sites excluding steroid dienone is 1. The van der Waals surface area contributed by atoms with Crippen LogP contribution in [0.25, 0.3) is 0 Å². The quantitative estimate of drug-likeness (QED) is 0.667. The van der Waals surface area contributed by atoms with Gasteiger partial charge in [0.1, 0.15) is 6.10 Å². The average Bonchev–Trinajstić information content (AvgIpc) is 2.38. The first kappa shape index (κ1) is 13.4. The fraction of sp³-hybridized carbons (Fsp3) is 0.429. The minimum absolute atomic E-state index is 0.129. The molecule has 5 heteroatoms. The minimum Gasteiger partial charge on any atom is -0.497 e. The summed E-state index contributed by atoms with van der Waals surface area (Å²) in [6.45, 7) is 4.36. The van der Waals surface area contributed by atoms with Gasteiger partial charge in [-0.15, -0.1) is 0 Å². The van der Waals surface area contributed by atoms with Crippen molar-refractivity contribution in [3.63, 3.8) is 0 Å². The van der Waals surface area contributed by atoms with Gasteiger partial charge in [-0.2, -0.15) is 0 Å². The van der Waals surface area contributed by atoms with E-state index >= 15 is 0 Å². The summed E-state index contributed by atoms with van der Waals surface area (Å²) in [5.41, 5.74) is 2.65. The monoisotopic (exact) mass is 262 g/mol. The fourth-order valence-electron chi connectivity index (χ4n) is 2.19. The highest BCUT2D eigenvalue weighted by Crippen LogP contribution is 2.26. The molecule has 1 atom stereocenters. The number of ether oxygens (including phenoxy) is 1. The van der Waals surface area contributed by atoms with E-state index in [4.69, 9.17) is 4.74 Å². The molecule has 0 aromatic heterocycles. The third-order valence-corrected chi connectivity index (χ3v) is 3.28. The molecule has 1 aliphatic heterocycles. The SMILES string of the molecule is Cc1cc(C)c([N+](=O)[O-])cc1NCC1CCC=CO1. The van der Waals surface area contributed by atoms with Gasteiger partial charge in [-0.05, 0) is 44.4 Å². The second-order valence-electron chi connectivity index (χ2n) is 4.80. The predicted octanol–water partition coefficient (Wildman–Crippen LogP) is 3.32. The lowest BCUT2D eigenvalue weighted by molar-refractivity contribution is -0.385. The standard InChI is InChI=1S/C14H18N2O3/c1-10-7-11(2)14(16(17)18)8-13(10)15-9-12-5-3-4-6-19-12/h4,6-8,12,15H,3,5,9H2,1-2H3. The lowest BCUT2D eigenvalue weighted by atomic mass is 10.1. The van der Waals surface area contributed by atoms with Crippen LogP contribution in [0, 0.1) is 24.0 Å². The Hall–Kier alpha value is -2.04. The molecule has 0 saturated carbocycles. The van der Waals surface area contributed by atoms with Crippen LogP contribution in [0.4, 0.5) is 11.4 Å². The first-order valence-corrected chi connectivity index (χ1v) is 6.38. The Morgan fingerprint density at radius 1 is 1.42 bits per heavy atom. The molecule has 2 rings (SSSR count). The molecule has 0 spiro atoms.